The number of nitrogens with two attached hydrogens (primary N) is 1. The number of rotatable bonds is 2. The van der Waals surface area contributed by atoms with Gasteiger partial charge < -0.3 is 11.1 Å². The van der Waals surface area contributed by atoms with Crippen LogP contribution in [0.1, 0.15) is 31.4 Å². The van der Waals surface area contributed by atoms with E-state index in [1.807, 2.05) is 18.2 Å². The van der Waals surface area contributed by atoms with E-state index in [2.05, 4.69) is 39.0 Å². The Morgan fingerprint density at radius 3 is 2.96 bits per heavy atom. The van der Waals surface area contributed by atoms with Gasteiger partial charge in [-0.3, -0.25) is 9.78 Å². The molecule has 7 atom stereocenters. The number of hydrogen-bond acceptors (Lipinski definition) is 8. The van der Waals surface area contributed by atoms with Crippen molar-refractivity contribution in [1.82, 2.24) is 37.1 Å². The molecule has 1 aromatic heterocycles. The number of allylic oxidation sites excluding steroid dienone is 1. The molecular weight excluding hydrogens is 344 g/mol. The highest BCUT2D eigenvalue weighted by molar-refractivity contribution is 5.89. The second-order valence-corrected chi connectivity index (χ2v) is 7.92. The predicted molar refractivity (Wildman–Crippen MR) is 98.8 cm³/mol. The zero-order valence-electron chi connectivity index (χ0n) is 15.2. The Hall–Kier alpha value is -2.04. The van der Waals surface area contributed by atoms with Crippen molar-refractivity contribution < 1.29 is 4.79 Å². The fraction of sp³-hybridized carbons (Fsp3) is 0.556. The molecular formula is C18H26N8O. The summed E-state index contributed by atoms with van der Waals surface area (Å²) in [6.45, 7) is 2.25. The molecule has 3 fully saturated rings. The fourth-order valence-corrected chi connectivity index (χ4v) is 5.05. The van der Waals surface area contributed by atoms with E-state index in [1.54, 1.807) is 17.3 Å². The summed E-state index contributed by atoms with van der Waals surface area (Å²) < 4.78 is 0. The number of amides is 1. The number of carbonyl (C=O) groups excluding carboxylic acids is 1. The fourth-order valence-electron chi connectivity index (χ4n) is 5.05. The molecule has 0 bridgehead atoms. The van der Waals surface area contributed by atoms with Crippen LogP contribution in [0.5, 0.6) is 0 Å². The summed E-state index contributed by atoms with van der Waals surface area (Å²) in [4.78, 5) is 17.3. The number of fused-ring (bicyclic) bond motifs is 2. The minimum Gasteiger partial charge on any atom is -0.366 e. The summed E-state index contributed by atoms with van der Waals surface area (Å²) >= 11 is 0. The quantitative estimate of drug-likeness (QED) is 0.393. The van der Waals surface area contributed by atoms with Gasteiger partial charge in [0.2, 0.25) is 0 Å². The maximum Gasteiger partial charge on any atom is 0.264 e. The first-order valence-electron chi connectivity index (χ1n) is 9.63. The molecule has 9 heteroatoms. The summed E-state index contributed by atoms with van der Waals surface area (Å²) in [6.07, 6.45) is 4.98. The molecule has 5 rings (SSSR count). The van der Waals surface area contributed by atoms with Crippen molar-refractivity contribution in [2.45, 2.75) is 50.1 Å². The normalized spacial score (nSPS) is 41.0. The Bertz CT molecular complexity index is 755. The first-order valence-corrected chi connectivity index (χ1v) is 9.63. The maximum absolute atomic E-state index is 12.8. The van der Waals surface area contributed by atoms with Crippen molar-refractivity contribution in [3.05, 3.63) is 41.9 Å². The highest BCUT2D eigenvalue weighted by Crippen LogP contribution is 2.38. The average molecular weight is 370 g/mol. The summed E-state index contributed by atoms with van der Waals surface area (Å²) in [5.74, 6) is 0.527. The van der Waals surface area contributed by atoms with Gasteiger partial charge in [-0.05, 0) is 30.9 Å². The van der Waals surface area contributed by atoms with E-state index in [0.29, 0.717) is 23.9 Å². The number of nitrogens with zero attached hydrogens (tertiary/aromatic N) is 2. The van der Waals surface area contributed by atoms with Crippen molar-refractivity contribution >= 4 is 5.91 Å². The van der Waals surface area contributed by atoms with Gasteiger partial charge in [0.15, 0.2) is 0 Å². The summed E-state index contributed by atoms with van der Waals surface area (Å²) in [7, 11) is 0. The lowest BCUT2D eigenvalue weighted by atomic mass is 9.73. The van der Waals surface area contributed by atoms with Crippen LogP contribution < -0.4 is 32.9 Å². The van der Waals surface area contributed by atoms with Crippen LogP contribution in [0.2, 0.25) is 0 Å². The van der Waals surface area contributed by atoms with Crippen LogP contribution in [-0.4, -0.2) is 40.3 Å². The molecule has 7 unspecified atom stereocenters. The van der Waals surface area contributed by atoms with E-state index in [9.17, 15) is 4.79 Å². The van der Waals surface area contributed by atoms with Gasteiger partial charge in [0.25, 0.3) is 5.91 Å². The van der Waals surface area contributed by atoms with E-state index in [-0.39, 0.29) is 24.2 Å². The zero-order chi connectivity index (χ0) is 18.5. The van der Waals surface area contributed by atoms with E-state index in [4.69, 9.17) is 5.73 Å². The second kappa shape index (κ2) is 6.54. The molecule has 9 nitrogen and oxygen atoms in total. The van der Waals surface area contributed by atoms with Gasteiger partial charge >= 0.3 is 0 Å². The van der Waals surface area contributed by atoms with Gasteiger partial charge in [-0.1, -0.05) is 13.0 Å². The third-order valence-corrected chi connectivity index (χ3v) is 6.47. The van der Waals surface area contributed by atoms with Crippen LogP contribution in [0.4, 0.5) is 0 Å². The molecule has 144 valence electrons. The Morgan fingerprint density at radius 1 is 1.26 bits per heavy atom. The second-order valence-electron chi connectivity index (χ2n) is 7.92. The van der Waals surface area contributed by atoms with E-state index < -0.39 is 0 Å². The van der Waals surface area contributed by atoms with Crippen LogP contribution in [0, 0.1) is 11.8 Å². The highest BCUT2D eigenvalue weighted by atomic mass is 16.2. The maximum atomic E-state index is 12.8. The molecule has 27 heavy (non-hydrogen) atoms. The standard InChI is InChI=1S/C18H26N8O/c1-9-10(5-6-12-16(9)23-25-22-12)13-8-14(27)26-18(21-13)15(17(19)24-26)11-4-2-3-7-20-11/h2-4,7-10,12,15-18,21-25H,5-6,19H2,1H3. The van der Waals surface area contributed by atoms with Gasteiger partial charge in [0.05, 0.1) is 17.8 Å². The molecule has 7 N–H and O–H groups in total. The Morgan fingerprint density at radius 2 is 2.15 bits per heavy atom. The zero-order valence-corrected chi connectivity index (χ0v) is 15.2. The van der Waals surface area contributed by atoms with Gasteiger partial charge in [0.1, 0.15) is 6.17 Å². The van der Waals surface area contributed by atoms with E-state index >= 15 is 0 Å². The molecule has 2 saturated heterocycles. The van der Waals surface area contributed by atoms with Crippen molar-refractivity contribution in [3.8, 4) is 0 Å². The molecule has 0 aromatic carbocycles. The first-order chi connectivity index (χ1) is 13.1. The van der Waals surface area contributed by atoms with Crippen molar-refractivity contribution in [2.24, 2.45) is 17.6 Å². The van der Waals surface area contributed by atoms with Crippen LogP contribution in [0.3, 0.4) is 0 Å². The van der Waals surface area contributed by atoms with Crippen molar-refractivity contribution in [2.75, 3.05) is 0 Å². The van der Waals surface area contributed by atoms with E-state index in [0.717, 1.165) is 24.2 Å². The highest BCUT2D eigenvalue weighted by Gasteiger charge is 2.48. The van der Waals surface area contributed by atoms with Gasteiger partial charge in [-0.25, -0.2) is 21.3 Å². The Kier molecular flexibility index (Phi) is 4.14. The van der Waals surface area contributed by atoms with E-state index in [1.165, 1.54) is 0 Å². The summed E-state index contributed by atoms with van der Waals surface area (Å²) in [5, 5.41) is 5.23. The molecule has 3 aliphatic heterocycles. The molecule has 1 aliphatic carbocycles. The molecule has 0 radical (unpaired) electrons. The number of pyridine rings is 1. The number of aromatic nitrogens is 1. The third-order valence-electron chi connectivity index (χ3n) is 6.47. The molecule has 1 amide bonds. The smallest absolute Gasteiger partial charge is 0.264 e. The van der Waals surface area contributed by atoms with Crippen LogP contribution in [-0.2, 0) is 4.79 Å². The number of hydrazine groups is 3. The van der Waals surface area contributed by atoms with Gasteiger partial charge in [-0.15, -0.1) is 0 Å². The SMILES string of the molecule is CC1C(C2=CC(=O)N3NC(N)C(c4ccccn4)C3N2)CCC2NNNC21. The topological polar surface area (TPSA) is 119 Å². The van der Waals surface area contributed by atoms with Gasteiger partial charge in [-0.2, -0.15) is 5.53 Å². The Labute approximate surface area is 158 Å². The lowest BCUT2D eigenvalue weighted by Crippen LogP contribution is -2.56. The summed E-state index contributed by atoms with van der Waals surface area (Å²) in [5.41, 5.74) is 21.0. The molecule has 0 spiro atoms. The van der Waals surface area contributed by atoms with Crippen molar-refractivity contribution in [1.29, 1.82) is 0 Å². The predicted octanol–water partition coefficient (Wildman–Crippen LogP) is -0.994. The molecule has 4 aliphatic rings. The van der Waals surface area contributed by atoms with Gasteiger partial charge in [0, 0.05) is 36.0 Å². The van der Waals surface area contributed by atoms with Crippen LogP contribution in [0.25, 0.3) is 0 Å². The summed E-state index contributed by atoms with van der Waals surface area (Å²) in [6, 6.07) is 6.57. The molecule has 1 aromatic rings. The number of hydrogen-bond donors (Lipinski definition) is 6. The molecule has 1 saturated carbocycles. The molecule has 4 heterocycles. The lowest BCUT2D eigenvalue weighted by molar-refractivity contribution is -0.131. The number of carbonyl (C=O) groups is 1. The largest absolute Gasteiger partial charge is 0.366 e. The van der Waals surface area contributed by atoms with Crippen LogP contribution in [0.15, 0.2) is 36.2 Å². The lowest BCUT2D eigenvalue weighted by Gasteiger charge is -2.42. The third kappa shape index (κ3) is 2.74. The number of nitrogens with one attached hydrogen (secondary N) is 5. The minimum absolute atomic E-state index is 0.0485. The first kappa shape index (κ1) is 17.1. The average Bonchev–Trinajstić information content (AvgIpc) is 3.27. The van der Waals surface area contributed by atoms with Crippen LogP contribution >= 0.6 is 0 Å². The van der Waals surface area contributed by atoms with Crippen molar-refractivity contribution in [3.63, 3.8) is 0 Å². The minimum atomic E-state index is -0.368. The monoisotopic (exact) mass is 370 g/mol. The Balaban J connectivity index is 1.42.